The first-order valence-corrected chi connectivity index (χ1v) is 7.33. The van der Waals surface area contributed by atoms with Crippen LogP contribution in [0.4, 0.5) is 4.39 Å². The topological polar surface area (TPSA) is 41.6 Å². The van der Waals surface area contributed by atoms with E-state index in [0.29, 0.717) is 12.1 Å². The molecule has 0 heterocycles. The van der Waals surface area contributed by atoms with E-state index in [1.807, 2.05) is 6.92 Å². The Morgan fingerprint density at radius 1 is 1.38 bits per heavy atom. The second-order valence-electron chi connectivity index (χ2n) is 4.94. The number of likely N-dealkylation sites (N-methyl/N-ethyl adjacent to an activating group) is 1. The highest BCUT2D eigenvalue weighted by Gasteiger charge is 2.23. The molecule has 0 saturated carbocycles. The van der Waals surface area contributed by atoms with Crippen LogP contribution in [-0.4, -0.2) is 44.2 Å². The molecule has 0 aliphatic rings. The highest BCUT2D eigenvalue weighted by Crippen LogP contribution is 2.20. The third kappa shape index (κ3) is 5.10. The van der Waals surface area contributed by atoms with Gasteiger partial charge in [-0.1, -0.05) is 19.9 Å². The average molecular weight is 296 g/mol. The van der Waals surface area contributed by atoms with Crippen molar-refractivity contribution >= 4 is 5.97 Å². The van der Waals surface area contributed by atoms with Crippen LogP contribution in [0.5, 0.6) is 0 Å². The minimum atomic E-state index is -0.638. The third-order valence-corrected chi connectivity index (χ3v) is 3.66. The fraction of sp³-hybridized carbons (Fsp3) is 0.562. The van der Waals surface area contributed by atoms with Crippen LogP contribution in [-0.2, 0) is 9.53 Å². The largest absolute Gasteiger partial charge is 0.468 e. The monoisotopic (exact) mass is 296 g/mol. The molecule has 1 unspecified atom stereocenters. The van der Waals surface area contributed by atoms with E-state index in [2.05, 4.69) is 24.1 Å². The second-order valence-corrected chi connectivity index (χ2v) is 4.94. The fourth-order valence-electron chi connectivity index (χ4n) is 2.27. The Labute approximate surface area is 126 Å². The molecule has 0 aliphatic heterocycles. The van der Waals surface area contributed by atoms with Crippen LogP contribution in [0.15, 0.2) is 18.2 Å². The normalized spacial score (nSPS) is 12.5. The van der Waals surface area contributed by atoms with Gasteiger partial charge in [-0.15, -0.1) is 0 Å². The molecule has 0 aromatic heterocycles. The molecule has 4 nitrogen and oxygen atoms in total. The Morgan fingerprint density at radius 3 is 2.62 bits per heavy atom. The van der Waals surface area contributed by atoms with Crippen molar-refractivity contribution in [1.29, 1.82) is 0 Å². The number of rotatable bonds is 8. The van der Waals surface area contributed by atoms with Crippen LogP contribution in [0.2, 0.25) is 0 Å². The molecule has 0 bridgehead atoms. The van der Waals surface area contributed by atoms with Gasteiger partial charge in [0.2, 0.25) is 0 Å². The lowest BCUT2D eigenvalue weighted by Crippen LogP contribution is -2.37. The van der Waals surface area contributed by atoms with Crippen molar-refractivity contribution in [3.05, 3.63) is 35.1 Å². The van der Waals surface area contributed by atoms with Crippen molar-refractivity contribution in [3.8, 4) is 0 Å². The van der Waals surface area contributed by atoms with E-state index in [0.717, 1.165) is 25.2 Å². The Kier molecular flexibility index (Phi) is 7.32. The number of hydrogen-bond acceptors (Lipinski definition) is 4. The number of halogens is 1. The Morgan fingerprint density at radius 2 is 2.05 bits per heavy atom. The molecule has 1 atom stereocenters. The van der Waals surface area contributed by atoms with Crippen LogP contribution < -0.4 is 5.32 Å². The highest BCUT2D eigenvalue weighted by atomic mass is 19.1. The summed E-state index contributed by atoms with van der Waals surface area (Å²) in [6, 6.07) is 3.82. The molecule has 1 aromatic carbocycles. The Hall–Kier alpha value is -1.46. The van der Waals surface area contributed by atoms with Gasteiger partial charge in [0.25, 0.3) is 0 Å². The smallest absolute Gasteiger partial charge is 0.327 e. The molecule has 0 amide bonds. The van der Waals surface area contributed by atoms with E-state index in [1.54, 1.807) is 6.07 Å². The first-order valence-electron chi connectivity index (χ1n) is 7.33. The number of hydrogen-bond donors (Lipinski definition) is 1. The average Bonchev–Trinajstić information content (AvgIpc) is 2.49. The minimum Gasteiger partial charge on any atom is -0.468 e. The van der Waals surface area contributed by atoms with Gasteiger partial charge in [-0.25, -0.2) is 9.18 Å². The van der Waals surface area contributed by atoms with Gasteiger partial charge in [0.05, 0.1) is 7.11 Å². The zero-order valence-electron chi connectivity index (χ0n) is 13.3. The van der Waals surface area contributed by atoms with E-state index in [1.165, 1.54) is 19.2 Å². The lowest BCUT2D eigenvalue weighted by atomic mass is 10.0. The lowest BCUT2D eigenvalue weighted by molar-refractivity contribution is -0.143. The molecule has 0 fully saturated rings. The SMILES string of the molecule is CCN(CC)CCNC(C(=O)OC)c1cc(F)ccc1C. The third-order valence-electron chi connectivity index (χ3n) is 3.66. The van der Waals surface area contributed by atoms with E-state index in [9.17, 15) is 9.18 Å². The Bertz CT molecular complexity index is 462. The summed E-state index contributed by atoms with van der Waals surface area (Å²) in [6.07, 6.45) is 0. The zero-order valence-corrected chi connectivity index (χ0v) is 13.3. The van der Waals surface area contributed by atoms with Crippen LogP contribution in [0.1, 0.15) is 31.0 Å². The molecule has 21 heavy (non-hydrogen) atoms. The molecule has 5 heteroatoms. The van der Waals surface area contributed by atoms with Gasteiger partial charge >= 0.3 is 5.97 Å². The van der Waals surface area contributed by atoms with Gasteiger partial charge in [0.15, 0.2) is 0 Å². The molecule has 1 rings (SSSR count). The second kappa shape index (κ2) is 8.74. The van der Waals surface area contributed by atoms with E-state index in [-0.39, 0.29) is 5.82 Å². The molecular weight excluding hydrogens is 271 g/mol. The van der Waals surface area contributed by atoms with Crippen molar-refractivity contribution in [3.63, 3.8) is 0 Å². The predicted octanol–water partition coefficient (Wildman–Crippen LogP) is 2.28. The number of methoxy groups -OCH3 is 1. The molecule has 0 saturated heterocycles. The molecule has 0 radical (unpaired) electrons. The summed E-state index contributed by atoms with van der Waals surface area (Å²) in [6.45, 7) is 9.43. The maximum Gasteiger partial charge on any atom is 0.327 e. The first kappa shape index (κ1) is 17.6. The van der Waals surface area contributed by atoms with Gasteiger partial charge in [-0.05, 0) is 43.3 Å². The summed E-state index contributed by atoms with van der Waals surface area (Å²) in [5.41, 5.74) is 1.49. The van der Waals surface area contributed by atoms with Crippen molar-refractivity contribution < 1.29 is 13.9 Å². The number of esters is 1. The fourth-order valence-corrected chi connectivity index (χ4v) is 2.27. The summed E-state index contributed by atoms with van der Waals surface area (Å²) in [5.74, 6) is -0.752. The minimum absolute atomic E-state index is 0.352. The van der Waals surface area contributed by atoms with Crippen LogP contribution >= 0.6 is 0 Å². The summed E-state index contributed by atoms with van der Waals surface area (Å²) >= 11 is 0. The molecule has 1 aromatic rings. The first-order chi connectivity index (χ1) is 10.0. The number of nitrogens with one attached hydrogen (secondary N) is 1. The van der Waals surface area contributed by atoms with Crippen molar-refractivity contribution in [2.75, 3.05) is 33.3 Å². The maximum atomic E-state index is 13.4. The summed E-state index contributed by atoms with van der Waals surface area (Å²) in [5, 5.41) is 3.17. The van der Waals surface area contributed by atoms with Crippen molar-refractivity contribution in [2.45, 2.75) is 26.8 Å². The summed E-state index contributed by atoms with van der Waals surface area (Å²) in [7, 11) is 1.34. The number of aryl methyl sites for hydroxylation is 1. The maximum absolute atomic E-state index is 13.4. The predicted molar refractivity (Wildman–Crippen MR) is 81.7 cm³/mol. The van der Waals surface area contributed by atoms with Gasteiger partial charge in [0.1, 0.15) is 11.9 Å². The van der Waals surface area contributed by atoms with E-state index in [4.69, 9.17) is 4.74 Å². The highest BCUT2D eigenvalue weighted by molar-refractivity contribution is 5.78. The van der Waals surface area contributed by atoms with E-state index < -0.39 is 12.0 Å². The lowest BCUT2D eigenvalue weighted by Gasteiger charge is -2.22. The molecular formula is C16H25FN2O2. The number of benzene rings is 1. The van der Waals surface area contributed by atoms with E-state index >= 15 is 0 Å². The molecule has 118 valence electrons. The molecule has 1 N–H and O–H groups in total. The molecule has 0 aliphatic carbocycles. The Balaban J connectivity index is 2.81. The van der Waals surface area contributed by atoms with Gasteiger partial charge in [-0.2, -0.15) is 0 Å². The van der Waals surface area contributed by atoms with Crippen molar-refractivity contribution in [2.24, 2.45) is 0 Å². The van der Waals surface area contributed by atoms with Gasteiger partial charge in [-0.3, -0.25) is 5.32 Å². The number of nitrogens with zero attached hydrogens (tertiary/aromatic N) is 1. The van der Waals surface area contributed by atoms with Crippen molar-refractivity contribution in [1.82, 2.24) is 10.2 Å². The standard InChI is InChI=1S/C16H25FN2O2/c1-5-19(6-2)10-9-18-15(16(20)21-4)14-11-13(17)8-7-12(14)3/h7-8,11,15,18H,5-6,9-10H2,1-4H3. The summed E-state index contributed by atoms with van der Waals surface area (Å²) < 4.78 is 18.3. The van der Waals surface area contributed by atoms with Crippen LogP contribution in [0.3, 0.4) is 0 Å². The molecule has 0 spiro atoms. The van der Waals surface area contributed by atoms with Gasteiger partial charge < -0.3 is 9.64 Å². The number of carbonyl (C=O) groups is 1. The quantitative estimate of drug-likeness (QED) is 0.747. The number of carbonyl (C=O) groups excluding carboxylic acids is 1. The summed E-state index contributed by atoms with van der Waals surface area (Å²) in [4.78, 5) is 14.2. The van der Waals surface area contributed by atoms with Gasteiger partial charge in [0, 0.05) is 13.1 Å². The van der Waals surface area contributed by atoms with Crippen LogP contribution in [0.25, 0.3) is 0 Å². The van der Waals surface area contributed by atoms with Crippen LogP contribution in [0, 0.1) is 12.7 Å². The number of ether oxygens (including phenoxy) is 1. The zero-order chi connectivity index (χ0) is 15.8.